The number of aromatic nitrogens is 2. The Kier molecular flexibility index (Phi) is 2.47. The number of sulfone groups is 1. The molecule has 2 N–H and O–H groups in total. The summed E-state index contributed by atoms with van der Waals surface area (Å²) in [5.41, 5.74) is -0.332. The molecule has 1 aromatic heterocycles. The van der Waals surface area contributed by atoms with Crippen molar-refractivity contribution < 1.29 is 8.42 Å². The highest BCUT2D eigenvalue weighted by Gasteiger charge is 2.28. The van der Waals surface area contributed by atoms with Crippen LogP contribution in [0.2, 0.25) is 0 Å². The Hall–Kier alpha value is -1.37. The third-order valence-electron chi connectivity index (χ3n) is 2.28. The van der Waals surface area contributed by atoms with Gasteiger partial charge in [-0.05, 0) is 6.42 Å². The van der Waals surface area contributed by atoms with Gasteiger partial charge in [0.2, 0.25) is 0 Å². The average Bonchev–Trinajstić information content (AvgIpc) is 2.50. The van der Waals surface area contributed by atoms with E-state index >= 15 is 0 Å². The molecule has 82 valence electrons. The molecule has 1 aliphatic heterocycles. The van der Waals surface area contributed by atoms with Crippen LogP contribution in [0, 0.1) is 0 Å². The summed E-state index contributed by atoms with van der Waals surface area (Å²) >= 11 is 0. The van der Waals surface area contributed by atoms with Gasteiger partial charge >= 0.3 is 0 Å². The highest BCUT2D eigenvalue weighted by atomic mass is 32.2. The Morgan fingerprint density at radius 2 is 2.33 bits per heavy atom. The monoisotopic (exact) mass is 229 g/mol. The molecule has 1 saturated heterocycles. The second-order valence-corrected chi connectivity index (χ2v) is 5.74. The van der Waals surface area contributed by atoms with Crippen LogP contribution in [0.3, 0.4) is 0 Å². The highest BCUT2D eigenvalue weighted by Crippen LogP contribution is 2.13. The minimum absolute atomic E-state index is 0.0724. The molecular weight excluding hydrogens is 218 g/mol. The van der Waals surface area contributed by atoms with Gasteiger partial charge in [-0.3, -0.25) is 4.79 Å². The van der Waals surface area contributed by atoms with Crippen LogP contribution in [0.1, 0.15) is 6.42 Å². The molecule has 0 amide bonds. The molecule has 6 nitrogen and oxygen atoms in total. The first-order valence-corrected chi connectivity index (χ1v) is 6.40. The summed E-state index contributed by atoms with van der Waals surface area (Å²) in [6.45, 7) is 0. The lowest BCUT2D eigenvalue weighted by molar-refractivity contribution is 0.602. The van der Waals surface area contributed by atoms with Gasteiger partial charge in [-0.2, -0.15) is 0 Å². The molecule has 0 spiro atoms. The second-order valence-electron chi connectivity index (χ2n) is 3.51. The molecular formula is C8H11N3O3S. The number of hydrogen-bond donors (Lipinski definition) is 2. The van der Waals surface area contributed by atoms with Crippen LogP contribution in [0.25, 0.3) is 0 Å². The number of nitrogens with one attached hydrogen (secondary N) is 2. The molecule has 0 aromatic carbocycles. The van der Waals surface area contributed by atoms with Crippen molar-refractivity contribution in [1.82, 2.24) is 9.97 Å². The molecule has 2 heterocycles. The summed E-state index contributed by atoms with van der Waals surface area (Å²) in [5, 5.41) is 2.83. The van der Waals surface area contributed by atoms with Gasteiger partial charge in [-0.25, -0.2) is 13.4 Å². The van der Waals surface area contributed by atoms with Crippen LogP contribution in [0.5, 0.6) is 0 Å². The molecule has 1 aliphatic rings. The van der Waals surface area contributed by atoms with Crippen LogP contribution >= 0.6 is 0 Å². The maximum Gasteiger partial charge on any atom is 0.290 e. The van der Waals surface area contributed by atoms with E-state index in [4.69, 9.17) is 0 Å². The fourth-order valence-electron chi connectivity index (χ4n) is 1.56. The molecule has 0 aliphatic carbocycles. The summed E-state index contributed by atoms with van der Waals surface area (Å²) in [7, 11) is -2.93. The van der Waals surface area contributed by atoms with Gasteiger partial charge < -0.3 is 10.3 Å². The van der Waals surface area contributed by atoms with Gasteiger partial charge in [0, 0.05) is 18.4 Å². The smallest absolute Gasteiger partial charge is 0.290 e. The van der Waals surface area contributed by atoms with Gasteiger partial charge in [0.25, 0.3) is 5.56 Å². The lowest BCUT2D eigenvalue weighted by atomic mass is 10.3. The first-order chi connectivity index (χ1) is 7.07. The number of aromatic amines is 1. The molecule has 0 radical (unpaired) electrons. The second kappa shape index (κ2) is 3.65. The van der Waals surface area contributed by atoms with Crippen LogP contribution in [0.15, 0.2) is 17.2 Å². The lowest BCUT2D eigenvalue weighted by Crippen LogP contribution is -2.26. The normalized spacial score (nSPS) is 23.9. The predicted octanol–water partition coefficient (Wildman–Crippen LogP) is -0.631. The number of anilines is 1. The van der Waals surface area contributed by atoms with Crippen molar-refractivity contribution in [3.63, 3.8) is 0 Å². The molecule has 0 saturated carbocycles. The number of rotatable bonds is 2. The summed E-state index contributed by atoms with van der Waals surface area (Å²) in [6, 6.07) is -0.203. The number of H-pyrrole nitrogens is 1. The van der Waals surface area contributed by atoms with Gasteiger partial charge in [0.05, 0.1) is 11.5 Å². The summed E-state index contributed by atoms with van der Waals surface area (Å²) < 4.78 is 22.3. The Bertz CT molecular complexity index is 508. The van der Waals surface area contributed by atoms with E-state index in [0.717, 1.165) is 0 Å². The third kappa shape index (κ3) is 2.35. The molecule has 2 rings (SSSR count). The van der Waals surface area contributed by atoms with Crippen LogP contribution < -0.4 is 10.9 Å². The van der Waals surface area contributed by atoms with Crippen LogP contribution in [-0.2, 0) is 9.84 Å². The van der Waals surface area contributed by atoms with Crippen molar-refractivity contribution in [2.75, 3.05) is 16.8 Å². The Morgan fingerprint density at radius 1 is 1.53 bits per heavy atom. The van der Waals surface area contributed by atoms with Crippen molar-refractivity contribution >= 4 is 15.7 Å². The van der Waals surface area contributed by atoms with E-state index < -0.39 is 9.84 Å². The largest absolute Gasteiger partial charge is 0.362 e. The molecule has 1 fully saturated rings. The fraction of sp³-hybridized carbons (Fsp3) is 0.500. The maximum atomic E-state index is 11.2. The maximum absolute atomic E-state index is 11.2. The standard InChI is InChI=1S/C8H11N3O3S/c12-8-7(9-2-3-10-8)11-6-1-4-15(13,14)5-6/h2-3,6H,1,4-5H2,(H,9,11)(H,10,12). The minimum atomic E-state index is -2.93. The van der Waals surface area contributed by atoms with E-state index in [1.54, 1.807) is 0 Å². The minimum Gasteiger partial charge on any atom is -0.362 e. The zero-order valence-electron chi connectivity index (χ0n) is 7.93. The van der Waals surface area contributed by atoms with E-state index in [2.05, 4.69) is 15.3 Å². The van der Waals surface area contributed by atoms with Crippen LogP contribution in [0.4, 0.5) is 5.82 Å². The highest BCUT2D eigenvalue weighted by molar-refractivity contribution is 7.91. The van der Waals surface area contributed by atoms with Gasteiger partial charge in [-0.1, -0.05) is 0 Å². The third-order valence-corrected chi connectivity index (χ3v) is 4.05. The molecule has 0 bridgehead atoms. The van der Waals surface area contributed by atoms with Crippen molar-refractivity contribution in [2.45, 2.75) is 12.5 Å². The van der Waals surface area contributed by atoms with E-state index in [-0.39, 0.29) is 28.9 Å². The van der Waals surface area contributed by atoms with E-state index in [1.807, 2.05) is 0 Å². The predicted molar refractivity (Wildman–Crippen MR) is 55.5 cm³/mol. The Balaban J connectivity index is 2.12. The van der Waals surface area contributed by atoms with Gasteiger partial charge in [0.15, 0.2) is 15.7 Å². The molecule has 1 atom stereocenters. The summed E-state index contributed by atoms with van der Waals surface area (Å²) in [4.78, 5) is 17.5. The van der Waals surface area contributed by atoms with Crippen molar-refractivity contribution in [2.24, 2.45) is 0 Å². The SMILES string of the molecule is O=c1[nH]ccnc1NC1CCS(=O)(=O)C1. The van der Waals surface area contributed by atoms with Crippen LogP contribution in [-0.4, -0.2) is 35.9 Å². The Labute approximate surface area is 86.7 Å². The summed E-state index contributed by atoms with van der Waals surface area (Å²) in [5.74, 6) is 0.429. The average molecular weight is 229 g/mol. The topological polar surface area (TPSA) is 91.9 Å². The fourth-order valence-corrected chi connectivity index (χ4v) is 3.23. The first-order valence-electron chi connectivity index (χ1n) is 4.57. The van der Waals surface area contributed by atoms with E-state index in [1.165, 1.54) is 12.4 Å². The molecule has 7 heteroatoms. The molecule has 15 heavy (non-hydrogen) atoms. The molecule has 1 unspecified atom stereocenters. The number of hydrogen-bond acceptors (Lipinski definition) is 5. The van der Waals surface area contributed by atoms with E-state index in [9.17, 15) is 13.2 Å². The van der Waals surface area contributed by atoms with Crippen molar-refractivity contribution in [3.8, 4) is 0 Å². The first kappa shape index (κ1) is 10.2. The van der Waals surface area contributed by atoms with Gasteiger partial charge in [-0.15, -0.1) is 0 Å². The zero-order chi connectivity index (χ0) is 10.9. The van der Waals surface area contributed by atoms with Crippen molar-refractivity contribution in [3.05, 3.63) is 22.7 Å². The summed E-state index contributed by atoms with van der Waals surface area (Å²) in [6.07, 6.45) is 3.41. The Morgan fingerprint density at radius 3 is 2.93 bits per heavy atom. The zero-order valence-corrected chi connectivity index (χ0v) is 8.75. The lowest BCUT2D eigenvalue weighted by Gasteiger charge is -2.09. The molecule has 1 aromatic rings. The van der Waals surface area contributed by atoms with Gasteiger partial charge in [0.1, 0.15) is 0 Å². The quantitative estimate of drug-likeness (QED) is 0.704. The van der Waals surface area contributed by atoms with Crippen molar-refractivity contribution in [1.29, 1.82) is 0 Å². The van der Waals surface area contributed by atoms with E-state index in [0.29, 0.717) is 6.42 Å². The number of nitrogens with zero attached hydrogens (tertiary/aromatic N) is 1.